The highest BCUT2D eigenvalue weighted by Crippen LogP contribution is 2.22. The molecule has 5 nitrogen and oxygen atoms in total. The molecule has 0 bridgehead atoms. The molecule has 0 aliphatic rings. The van der Waals surface area contributed by atoms with Crippen molar-refractivity contribution in [2.75, 3.05) is 13.7 Å². The van der Waals surface area contributed by atoms with Crippen molar-refractivity contribution in [2.45, 2.75) is 32.7 Å². The van der Waals surface area contributed by atoms with E-state index in [1.54, 1.807) is 25.3 Å². The molecule has 0 heterocycles. The van der Waals surface area contributed by atoms with E-state index in [2.05, 4.69) is 26.6 Å². The molecule has 0 atom stereocenters. The van der Waals surface area contributed by atoms with Crippen molar-refractivity contribution in [3.05, 3.63) is 28.2 Å². The monoisotopic (exact) mass is 356 g/mol. The van der Waals surface area contributed by atoms with Crippen LogP contribution >= 0.6 is 15.9 Å². The van der Waals surface area contributed by atoms with Gasteiger partial charge in [-0.15, -0.1) is 0 Å². The Bertz CT molecular complexity index is 524. The highest BCUT2D eigenvalue weighted by molar-refractivity contribution is 9.10. The number of carbonyl (C=O) groups excluding carboxylic acids is 2. The van der Waals surface area contributed by atoms with Crippen LogP contribution in [0, 0.1) is 0 Å². The minimum Gasteiger partial charge on any atom is -0.497 e. The average molecular weight is 357 g/mol. The smallest absolute Gasteiger partial charge is 0.252 e. The second-order valence-electron chi connectivity index (χ2n) is 5.65. The van der Waals surface area contributed by atoms with Gasteiger partial charge in [0.25, 0.3) is 5.91 Å². The van der Waals surface area contributed by atoms with Crippen LogP contribution in [0.3, 0.4) is 0 Å². The summed E-state index contributed by atoms with van der Waals surface area (Å²) in [5.41, 5.74) is 0.210. The van der Waals surface area contributed by atoms with Gasteiger partial charge in [-0.25, -0.2) is 0 Å². The Morgan fingerprint density at radius 1 is 1.29 bits per heavy atom. The number of nitrogens with one attached hydrogen (secondary N) is 2. The van der Waals surface area contributed by atoms with E-state index >= 15 is 0 Å². The van der Waals surface area contributed by atoms with Crippen LogP contribution in [0.5, 0.6) is 5.75 Å². The molecule has 1 rings (SSSR count). The van der Waals surface area contributed by atoms with Crippen LogP contribution in [0.15, 0.2) is 22.7 Å². The summed E-state index contributed by atoms with van der Waals surface area (Å²) < 4.78 is 5.77. The summed E-state index contributed by atoms with van der Waals surface area (Å²) in [6.45, 7) is 6.02. The van der Waals surface area contributed by atoms with Crippen molar-refractivity contribution < 1.29 is 14.3 Å². The lowest BCUT2D eigenvalue weighted by Crippen LogP contribution is -2.42. The number of ether oxygens (including phenoxy) is 1. The third kappa shape index (κ3) is 6.16. The molecule has 1 aromatic carbocycles. The van der Waals surface area contributed by atoms with E-state index in [-0.39, 0.29) is 30.3 Å². The lowest BCUT2D eigenvalue weighted by molar-refractivity contribution is -0.122. The summed E-state index contributed by atoms with van der Waals surface area (Å²) in [6, 6.07) is 5.16. The fourth-order valence-electron chi connectivity index (χ4n) is 1.67. The Labute approximate surface area is 133 Å². The van der Waals surface area contributed by atoms with Crippen LogP contribution in [-0.2, 0) is 4.79 Å². The Kier molecular flexibility index (Phi) is 6.20. The maximum atomic E-state index is 12.1. The van der Waals surface area contributed by atoms with Crippen LogP contribution in [0.1, 0.15) is 37.6 Å². The van der Waals surface area contributed by atoms with Crippen molar-refractivity contribution in [2.24, 2.45) is 0 Å². The first kappa shape index (κ1) is 17.5. The van der Waals surface area contributed by atoms with E-state index < -0.39 is 0 Å². The Hall–Kier alpha value is -1.56. The number of amides is 2. The summed E-state index contributed by atoms with van der Waals surface area (Å²) in [6.07, 6.45) is 0.241. The minimum atomic E-state index is -0.267. The Morgan fingerprint density at radius 3 is 2.52 bits per heavy atom. The molecule has 0 aliphatic carbocycles. The topological polar surface area (TPSA) is 67.4 Å². The van der Waals surface area contributed by atoms with Crippen molar-refractivity contribution in [3.63, 3.8) is 0 Å². The van der Waals surface area contributed by atoms with E-state index in [4.69, 9.17) is 4.74 Å². The van der Waals surface area contributed by atoms with Gasteiger partial charge in [0.1, 0.15) is 5.75 Å². The van der Waals surface area contributed by atoms with Crippen molar-refractivity contribution in [1.29, 1.82) is 0 Å². The standard InChI is InChI=1S/C15H21BrN2O3/c1-15(2,3)18-13(19)7-8-17-14(20)11-9-10(21-4)5-6-12(11)16/h5-6,9H,7-8H2,1-4H3,(H,17,20)(H,18,19). The Balaban J connectivity index is 2.53. The molecule has 2 amide bonds. The molecule has 6 heteroatoms. The molecule has 0 radical (unpaired) electrons. The number of carbonyl (C=O) groups is 2. The molecule has 0 saturated heterocycles. The largest absolute Gasteiger partial charge is 0.497 e. The molecule has 116 valence electrons. The van der Waals surface area contributed by atoms with Crippen molar-refractivity contribution in [3.8, 4) is 5.75 Å². The quantitative estimate of drug-likeness (QED) is 0.851. The van der Waals surface area contributed by atoms with E-state index in [9.17, 15) is 9.59 Å². The van der Waals surface area contributed by atoms with Gasteiger partial charge in [0.2, 0.25) is 5.91 Å². The molecule has 2 N–H and O–H groups in total. The maximum absolute atomic E-state index is 12.1. The van der Waals surface area contributed by atoms with Gasteiger partial charge in [-0.05, 0) is 54.9 Å². The SMILES string of the molecule is COc1ccc(Br)c(C(=O)NCCC(=O)NC(C)(C)C)c1. The predicted octanol–water partition coefficient (Wildman–Crippen LogP) is 2.49. The highest BCUT2D eigenvalue weighted by Gasteiger charge is 2.15. The molecule has 0 saturated carbocycles. The summed E-state index contributed by atoms with van der Waals surface area (Å²) in [4.78, 5) is 23.7. The van der Waals surface area contributed by atoms with E-state index in [1.807, 2.05) is 20.8 Å². The number of methoxy groups -OCH3 is 1. The van der Waals surface area contributed by atoms with Gasteiger partial charge >= 0.3 is 0 Å². The van der Waals surface area contributed by atoms with E-state index in [0.29, 0.717) is 15.8 Å². The van der Waals surface area contributed by atoms with Gasteiger partial charge in [0.15, 0.2) is 0 Å². The summed E-state index contributed by atoms with van der Waals surface area (Å²) in [5.74, 6) is 0.269. The molecule has 0 unspecified atom stereocenters. The molecular weight excluding hydrogens is 336 g/mol. The second kappa shape index (κ2) is 7.45. The van der Waals surface area contributed by atoms with Crippen LogP contribution in [0.25, 0.3) is 0 Å². The molecule has 21 heavy (non-hydrogen) atoms. The summed E-state index contributed by atoms with van der Waals surface area (Å²) in [7, 11) is 1.54. The first-order chi connectivity index (χ1) is 9.73. The van der Waals surface area contributed by atoms with Gasteiger partial charge in [0, 0.05) is 23.0 Å². The van der Waals surface area contributed by atoms with Gasteiger partial charge in [-0.2, -0.15) is 0 Å². The van der Waals surface area contributed by atoms with Gasteiger partial charge in [-0.3, -0.25) is 9.59 Å². The normalized spacial score (nSPS) is 10.9. The number of hydrogen-bond acceptors (Lipinski definition) is 3. The van der Waals surface area contributed by atoms with Crippen LogP contribution in [0.4, 0.5) is 0 Å². The minimum absolute atomic E-state index is 0.0903. The maximum Gasteiger partial charge on any atom is 0.252 e. The predicted molar refractivity (Wildman–Crippen MR) is 85.5 cm³/mol. The third-order valence-electron chi connectivity index (χ3n) is 2.57. The first-order valence-electron chi connectivity index (χ1n) is 6.65. The summed E-state index contributed by atoms with van der Waals surface area (Å²) in [5, 5.41) is 5.57. The second-order valence-corrected chi connectivity index (χ2v) is 6.50. The molecule has 0 aromatic heterocycles. The van der Waals surface area contributed by atoms with Gasteiger partial charge in [-0.1, -0.05) is 0 Å². The third-order valence-corrected chi connectivity index (χ3v) is 3.26. The van der Waals surface area contributed by atoms with Gasteiger partial charge < -0.3 is 15.4 Å². The van der Waals surface area contributed by atoms with Crippen LogP contribution in [0.2, 0.25) is 0 Å². The lowest BCUT2D eigenvalue weighted by Gasteiger charge is -2.20. The number of halogens is 1. The fraction of sp³-hybridized carbons (Fsp3) is 0.467. The summed E-state index contributed by atoms with van der Waals surface area (Å²) >= 11 is 3.33. The molecular formula is C15H21BrN2O3. The highest BCUT2D eigenvalue weighted by atomic mass is 79.9. The van der Waals surface area contributed by atoms with Gasteiger partial charge in [0.05, 0.1) is 12.7 Å². The van der Waals surface area contributed by atoms with E-state index in [1.165, 1.54) is 0 Å². The van der Waals surface area contributed by atoms with E-state index in [0.717, 1.165) is 0 Å². The zero-order chi connectivity index (χ0) is 16.0. The molecule has 0 spiro atoms. The number of rotatable bonds is 5. The average Bonchev–Trinajstić information content (AvgIpc) is 2.37. The first-order valence-corrected chi connectivity index (χ1v) is 7.45. The van der Waals surface area contributed by atoms with Crippen molar-refractivity contribution in [1.82, 2.24) is 10.6 Å². The lowest BCUT2D eigenvalue weighted by atomic mass is 10.1. The zero-order valence-electron chi connectivity index (χ0n) is 12.7. The zero-order valence-corrected chi connectivity index (χ0v) is 14.3. The molecule has 0 fully saturated rings. The number of hydrogen-bond donors (Lipinski definition) is 2. The molecule has 0 aliphatic heterocycles. The molecule has 1 aromatic rings. The van der Waals surface area contributed by atoms with Crippen LogP contribution < -0.4 is 15.4 Å². The van der Waals surface area contributed by atoms with Crippen molar-refractivity contribution >= 4 is 27.7 Å². The van der Waals surface area contributed by atoms with Crippen LogP contribution in [-0.4, -0.2) is 31.0 Å². The Morgan fingerprint density at radius 2 is 1.95 bits per heavy atom. The number of benzene rings is 1. The fourth-order valence-corrected chi connectivity index (χ4v) is 2.10.